The van der Waals surface area contributed by atoms with E-state index in [1.165, 1.54) is 24.8 Å². The highest BCUT2D eigenvalue weighted by molar-refractivity contribution is 5.85. The van der Waals surface area contributed by atoms with Crippen LogP contribution in [0.25, 0.3) is 0 Å². The fraction of sp³-hybridized carbons (Fsp3) is 0.650. The molecule has 0 saturated carbocycles. The second kappa shape index (κ2) is 7.96. The number of hydrogen-bond donors (Lipinski definition) is 0. The van der Waals surface area contributed by atoms with Gasteiger partial charge in [-0.25, -0.2) is 0 Å². The van der Waals surface area contributed by atoms with E-state index in [1.807, 2.05) is 39.0 Å². The highest BCUT2D eigenvalue weighted by Gasteiger charge is 2.37. The first-order valence-electron chi connectivity index (χ1n) is 9.13. The van der Waals surface area contributed by atoms with Crippen LogP contribution in [0.15, 0.2) is 18.2 Å². The van der Waals surface area contributed by atoms with Crippen LogP contribution < -0.4 is 9.47 Å². The van der Waals surface area contributed by atoms with Crippen LogP contribution in [-0.2, 0) is 4.79 Å². The lowest BCUT2D eigenvalue weighted by Gasteiger charge is -2.44. The van der Waals surface area contributed by atoms with Crippen LogP contribution in [0.1, 0.15) is 58.4 Å². The molecule has 25 heavy (non-hydrogen) atoms. The van der Waals surface area contributed by atoms with Gasteiger partial charge in [-0.15, -0.1) is 12.4 Å². The van der Waals surface area contributed by atoms with E-state index in [1.54, 1.807) is 0 Å². The Balaban J connectivity index is 0.00000225. The number of piperidine rings is 1. The molecular formula is C20H30ClNO3. The van der Waals surface area contributed by atoms with Crippen LogP contribution in [-0.4, -0.2) is 36.6 Å². The Hall–Kier alpha value is -1.26. The predicted molar refractivity (Wildman–Crippen MR) is 102 cm³/mol. The first-order valence-corrected chi connectivity index (χ1v) is 9.13. The van der Waals surface area contributed by atoms with Crippen LogP contribution in [0, 0.1) is 5.41 Å². The quantitative estimate of drug-likeness (QED) is 0.586. The van der Waals surface area contributed by atoms with E-state index < -0.39 is 5.41 Å². The summed E-state index contributed by atoms with van der Waals surface area (Å²) in [5, 5.41) is 0. The van der Waals surface area contributed by atoms with Crippen LogP contribution in [0.5, 0.6) is 11.5 Å². The molecule has 2 aliphatic rings. The SMILES string of the molecule is CCCN1CCC[C@H]2c3cc(OC(=O)C(C)(C)C)ccc3OC[C@@H]21.Cl. The molecular weight excluding hydrogens is 338 g/mol. The molecule has 1 aromatic rings. The first kappa shape index (κ1) is 20.1. The Kier molecular flexibility index (Phi) is 6.39. The zero-order chi connectivity index (χ0) is 17.3. The summed E-state index contributed by atoms with van der Waals surface area (Å²) in [4.78, 5) is 14.7. The molecule has 1 saturated heterocycles. The molecule has 4 nitrogen and oxygen atoms in total. The van der Waals surface area contributed by atoms with E-state index in [4.69, 9.17) is 9.47 Å². The minimum Gasteiger partial charge on any atom is -0.492 e. The zero-order valence-electron chi connectivity index (χ0n) is 15.7. The van der Waals surface area contributed by atoms with Crippen LogP contribution in [0.4, 0.5) is 0 Å². The largest absolute Gasteiger partial charge is 0.492 e. The Morgan fingerprint density at radius 1 is 1.36 bits per heavy atom. The third-order valence-electron chi connectivity index (χ3n) is 5.02. The van der Waals surface area contributed by atoms with Gasteiger partial charge in [0.2, 0.25) is 0 Å². The van der Waals surface area contributed by atoms with E-state index in [-0.39, 0.29) is 18.4 Å². The molecule has 0 aromatic heterocycles. The molecule has 0 unspecified atom stereocenters. The minimum absolute atomic E-state index is 0. The molecule has 1 aromatic carbocycles. The maximum Gasteiger partial charge on any atom is 0.316 e. The summed E-state index contributed by atoms with van der Waals surface area (Å²) in [6, 6.07) is 6.26. The Labute approximate surface area is 157 Å². The molecule has 0 bridgehead atoms. The number of halogens is 1. The topological polar surface area (TPSA) is 38.8 Å². The van der Waals surface area contributed by atoms with Gasteiger partial charge in [-0.05, 0) is 71.3 Å². The van der Waals surface area contributed by atoms with Gasteiger partial charge in [-0.2, -0.15) is 0 Å². The van der Waals surface area contributed by atoms with E-state index in [0.29, 0.717) is 17.7 Å². The van der Waals surface area contributed by atoms with Gasteiger partial charge in [0.15, 0.2) is 0 Å². The number of esters is 1. The third kappa shape index (κ3) is 4.29. The lowest BCUT2D eigenvalue weighted by atomic mass is 9.81. The van der Waals surface area contributed by atoms with Crippen molar-refractivity contribution >= 4 is 18.4 Å². The molecule has 3 rings (SSSR count). The fourth-order valence-corrected chi connectivity index (χ4v) is 3.72. The van der Waals surface area contributed by atoms with Crippen LogP contribution >= 0.6 is 12.4 Å². The van der Waals surface area contributed by atoms with Gasteiger partial charge in [0, 0.05) is 11.5 Å². The highest BCUT2D eigenvalue weighted by Crippen LogP contribution is 2.42. The minimum atomic E-state index is -0.502. The van der Waals surface area contributed by atoms with Crippen molar-refractivity contribution < 1.29 is 14.3 Å². The smallest absolute Gasteiger partial charge is 0.316 e. The monoisotopic (exact) mass is 367 g/mol. The van der Waals surface area contributed by atoms with Gasteiger partial charge in [0.05, 0.1) is 11.5 Å². The average Bonchev–Trinajstić information content (AvgIpc) is 2.54. The molecule has 1 fully saturated rings. The number of ether oxygens (including phenoxy) is 2. The number of carbonyl (C=O) groups excluding carboxylic acids is 1. The van der Waals surface area contributed by atoms with Gasteiger partial charge in [-0.3, -0.25) is 9.69 Å². The van der Waals surface area contributed by atoms with Gasteiger partial charge >= 0.3 is 5.97 Å². The molecule has 2 heterocycles. The molecule has 0 N–H and O–H groups in total. The number of nitrogens with zero attached hydrogens (tertiary/aromatic N) is 1. The van der Waals surface area contributed by atoms with E-state index in [2.05, 4.69) is 11.8 Å². The zero-order valence-corrected chi connectivity index (χ0v) is 16.5. The maximum atomic E-state index is 12.2. The summed E-state index contributed by atoms with van der Waals surface area (Å²) in [6.07, 6.45) is 3.56. The number of fused-ring (bicyclic) bond motifs is 3. The maximum absolute atomic E-state index is 12.2. The highest BCUT2D eigenvalue weighted by atomic mass is 35.5. The summed E-state index contributed by atoms with van der Waals surface area (Å²) in [6.45, 7) is 10.9. The number of rotatable bonds is 3. The fourth-order valence-electron chi connectivity index (χ4n) is 3.72. The molecule has 0 amide bonds. The standard InChI is InChI=1S/C20H29NO3.ClH/c1-5-10-21-11-6-7-15-16-12-14(24-19(22)20(2,3)4)8-9-18(16)23-13-17(15)21;/h8-9,12,15,17H,5-7,10-11,13H2,1-4H3;1H/t15-,17-;/m0./s1. The first-order chi connectivity index (χ1) is 11.4. The van der Waals surface area contributed by atoms with Crippen LogP contribution in [0.3, 0.4) is 0 Å². The molecule has 5 heteroatoms. The molecule has 140 valence electrons. The van der Waals surface area contributed by atoms with Crippen molar-refractivity contribution in [3.8, 4) is 11.5 Å². The van der Waals surface area contributed by atoms with E-state index in [0.717, 1.165) is 25.4 Å². The normalized spacial score (nSPS) is 22.9. The van der Waals surface area contributed by atoms with Gasteiger partial charge in [0.1, 0.15) is 18.1 Å². The molecule has 0 aliphatic carbocycles. The Morgan fingerprint density at radius 2 is 2.12 bits per heavy atom. The van der Waals surface area contributed by atoms with Gasteiger partial charge < -0.3 is 9.47 Å². The molecule has 0 spiro atoms. The molecule has 2 atom stereocenters. The van der Waals surface area contributed by atoms with Gasteiger partial charge in [-0.1, -0.05) is 6.92 Å². The van der Waals surface area contributed by atoms with Crippen LogP contribution in [0.2, 0.25) is 0 Å². The number of likely N-dealkylation sites (tertiary alicyclic amines) is 1. The molecule has 0 radical (unpaired) electrons. The van der Waals surface area contributed by atoms with Crippen molar-refractivity contribution in [1.29, 1.82) is 0 Å². The van der Waals surface area contributed by atoms with Crippen molar-refractivity contribution in [2.45, 2.75) is 58.9 Å². The second-order valence-corrected chi connectivity index (χ2v) is 8.00. The van der Waals surface area contributed by atoms with E-state index in [9.17, 15) is 4.79 Å². The van der Waals surface area contributed by atoms with Crippen molar-refractivity contribution in [3.63, 3.8) is 0 Å². The third-order valence-corrected chi connectivity index (χ3v) is 5.02. The summed E-state index contributed by atoms with van der Waals surface area (Å²) in [7, 11) is 0. The Morgan fingerprint density at radius 3 is 2.80 bits per heavy atom. The van der Waals surface area contributed by atoms with Crippen molar-refractivity contribution in [2.24, 2.45) is 5.41 Å². The summed E-state index contributed by atoms with van der Waals surface area (Å²) < 4.78 is 11.6. The summed E-state index contributed by atoms with van der Waals surface area (Å²) >= 11 is 0. The second-order valence-electron chi connectivity index (χ2n) is 8.00. The van der Waals surface area contributed by atoms with Gasteiger partial charge in [0.25, 0.3) is 0 Å². The summed E-state index contributed by atoms with van der Waals surface area (Å²) in [5.41, 5.74) is 0.698. The number of benzene rings is 1. The van der Waals surface area contributed by atoms with Crippen molar-refractivity contribution in [1.82, 2.24) is 4.90 Å². The lowest BCUT2D eigenvalue weighted by Crippen LogP contribution is -2.49. The predicted octanol–water partition coefficient (Wildman–Crippen LogP) is 4.41. The lowest BCUT2D eigenvalue weighted by molar-refractivity contribution is -0.143. The Bertz CT molecular complexity index is 609. The summed E-state index contributed by atoms with van der Waals surface area (Å²) in [5.74, 6) is 1.85. The number of carbonyl (C=O) groups is 1. The number of hydrogen-bond acceptors (Lipinski definition) is 4. The molecule has 2 aliphatic heterocycles. The average molecular weight is 368 g/mol. The van der Waals surface area contributed by atoms with E-state index >= 15 is 0 Å². The van der Waals surface area contributed by atoms with Crippen molar-refractivity contribution in [2.75, 3.05) is 19.7 Å². The van der Waals surface area contributed by atoms with Crippen molar-refractivity contribution in [3.05, 3.63) is 23.8 Å².